The summed E-state index contributed by atoms with van der Waals surface area (Å²) in [6.45, 7) is 4.00. The number of hydrogen-bond donors (Lipinski definition) is 0. The molecule has 0 N–H and O–H groups in total. The van der Waals surface area contributed by atoms with E-state index in [9.17, 15) is 4.79 Å². The second kappa shape index (κ2) is 9.10. The van der Waals surface area contributed by atoms with Gasteiger partial charge in [0.05, 0.1) is 34.5 Å². The fourth-order valence-corrected chi connectivity index (χ4v) is 5.19. The van der Waals surface area contributed by atoms with Gasteiger partial charge < -0.3 is 23.7 Å². The Kier molecular flexibility index (Phi) is 6.39. The van der Waals surface area contributed by atoms with Gasteiger partial charge in [-0.3, -0.25) is 4.79 Å². The zero-order valence-electron chi connectivity index (χ0n) is 20.2. The van der Waals surface area contributed by atoms with Crippen LogP contribution in [0.5, 0.6) is 23.0 Å². The number of carbonyl (C=O) groups excluding carboxylic acids is 1. The summed E-state index contributed by atoms with van der Waals surface area (Å²) < 4.78 is 28.5. The van der Waals surface area contributed by atoms with Gasteiger partial charge in [-0.05, 0) is 74.1 Å². The van der Waals surface area contributed by atoms with Gasteiger partial charge in [-0.1, -0.05) is 17.7 Å². The number of hydrogen-bond acceptors (Lipinski definition) is 6. The molecule has 0 bridgehead atoms. The molecule has 176 valence electrons. The molecule has 2 aliphatic rings. The number of carbonyl (C=O) groups is 1. The number of allylic oxidation sites excluding steroid dienone is 1. The van der Waals surface area contributed by atoms with E-state index in [-0.39, 0.29) is 17.8 Å². The molecule has 0 radical (unpaired) electrons. The van der Waals surface area contributed by atoms with Crippen LogP contribution in [-0.2, 0) is 9.53 Å². The Balaban J connectivity index is 1.74. The van der Waals surface area contributed by atoms with Crippen LogP contribution >= 0.6 is 0 Å². The summed E-state index contributed by atoms with van der Waals surface area (Å²) in [4.78, 5) is 13.7. The molecule has 6 nitrogen and oxygen atoms in total. The lowest BCUT2D eigenvalue weighted by Gasteiger charge is -2.30. The number of methoxy groups -OCH3 is 4. The van der Waals surface area contributed by atoms with Crippen LogP contribution in [0.15, 0.2) is 47.5 Å². The second-order valence-corrected chi connectivity index (χ2v) is 8.83. The molecule has 1 aliphatic carbocycles. The van der Waals surface area contributed by atoms with Crippen LogP contribution in [0.2, 0.25) is 0 Å². The fraction of sp³-hybridized carbons (Fsp3) is 0.444. The van der Waals surface area contributed by atoms with E-state index in [1.165, 1.54) is 0 Å². The zero-order chi connectivity index (χ0) is 23.8. The van der Waals surface area contributed by atoms with Gasteiger partial charge in [-0.25, -0.2) is 0 Å². The first-order valence-electron chi connectivity index (χ1n) is 11.2. The molecule has 2 aromatic rings. The number of rotatable bonds is 6. The third-order valence-electron chi connectivity index (χ3n) is 6.95. The first kappa shape index (κ1) is 23.2. The Morgan fingerprint density at radius 3 is 1.94 bits per heavy atom. The van der Waals surface area contributed by atoms with E-state index >= 15 is 0 Å². The Morgan fingerprint density at radius 1 is 0.848 bits per heavy atom. The van der Waals surface area contributed by atoms with Crippen LogP contribution in [-0.4, -0.2) is 39.8 Å². The summed E-state index contributed by atoms with van der Waals surface area (Å²) in [6, 6.07) is 11.7. The van der Waals surface area contributed by atoms with Crippen molar-refractivity contribution in [3.63, 3.8) is 0 Å². The van der Waals surface area contributed by atoms with Gasteiger partial charge >= 0.3 is 0 Å². The van der Waals surface area contributed by atoms with Crippen molar-refractivity contribution in [2.24, 2.45) is 0 Å². The summed E-state index contributed by atoms with van der Waals surface area (Å²) in [5.41, 5.74) is 3.01. The van der Waals surface area contributed by atoms with Crippen LogP contribution in [0.25, 0.3) is 0 Å². The molecular weight excluding hydrogens is 420 g/mol. The molecule has 1 saturated carbocycles. The fourth-order valence-electron chi connectivity index (χ4n) is 5.19. The van der Waals surface area contributed by atoms with E-state index in [1.807, 2.05) is 50.2 Å². The van der Waals surface area contributed by atoms with Crippen molar-refractivity contribution < 1.29 is 28.5 Å². The van der Waals surface area contributed by atoms with Gasteiger partial charge in [0.15, 0.2) is 28.8 Å². The van der Waals surface area contributed by atoms with E-state index in [4.69, 9.17) is 23.7 Å². The van der Waals surface area contributed by atoms with Crippen LogP contribution in [0.1, 0.15) is 56.3 Å². The van der Waals surface area contributed by atoms with E-state index in [0.29, 0.717) is 35.8 Å². The average molecular weight is 453 g/mol. The van der Waals surface area contributed by atoms with Gasteiger partial charge in [-0.2, -0.15) is 0 Å². The quantitative estimate of drug-likeness (QED) is 0.547. The lowest BCUT2D eigenvalue weighted by atomic mass is 9.82. The molecule has 1 aliphatic heterocycles. The lowest BCUT2D eigenvalue weighted by Crippen LogP contribution is -2.38. The molecule has 1 heterocycles. The molecule has 1 saturated heterocycles. The Labute approximate surface area is 195 Å². The SMILES string of the molecule is COc1ccc(C2CCC3(O2)C(=O)C(=C(C)C)CC3c2ccc(OC)c(OC)c2)cc1OC. The Bertz CT molecular complexity index is 1080. The van der Waals surface area contributed by atoms with Crippen molar-refractivity contribution in [1.82, 2.24) is 0 Å². The predicted molar refractivity (Wildman–Crippen MR) is 126 cm³/mol. The van der Waals surface area contributed by atoms with Crippen molar-refractivity contribution in [1.29, 1.82) is 0 Å². The van der Waals surface area contributed by atoms with Crippen LogP contribution in [0.4, 0.5) is 0 Å². The minimum atomic E-state index is -0.899. The van der Waals surface area contributed by atoms with Gasteiger partial charge in [0.2, 0.25) is 0 Å². The predicted octanol–water partition coefficient (Wildman–Crippen LogP) is 5.40. The van der Waals surface area contributed by atoms with Crippen LogP contribution in [0, 0.1) is 0 Å². The first-order chi connectivity index (χ1) is 15.9. The molecule has 1 spiro atoms. The van der Waals surface area contributed by atoms with Gasteiger partial charge in [0, 0.05) is 5.92 Å². The van der Waals surface area contributed by atoms with E-state index in [2.05, 4.69) is 0 Å². The summed E-state index contributed by atoms with van der Waals surface area (Å²) in [5.74, 6) is 2.64. The maximum Gasteiger partial charge on any atom is 0.191 e. The highest BCUT2D eigenvalue weighted by Gasteiger charge is 2.58. The molecule has 0 aromatic heterocycles. The Hall–Kier alpha value is -2.99. The summed E-state index contributed by atoms with van der Waals surface area (Å²) in [7, 11) is 6.48. The largest absolute Gasteiger partial charge is 0.493 e. The average Bonchev–Trinajstić information content (AvgIpc) is 3.40. The van der Waals surface area contributed by atoms with Crippen molar-refractivity contribution >= 4 is 5.78 Å². The monoisotopic (exact) mass is 452 g/mol. The van der Waals surface area contributed by atoms with E-state index in [1.54, 1.807) is 28.4 Å². The van der Waals surface area contributed by atoms with Gasteiger partial charge in [0.1, 0.15) is 5.60 Å². The standard InChI is InChI=1S/C27H32O6/c1-16(2)19-15-20(17-7-9-22(29-3)24(13-17)31-5)27(26(19)28)12-11-21(33-27)18-8-10-23(30-4)25(14-18)32-6/h7-10,13-14,20-21H,11-12,15H2,1-6H3. The van der Waals surface area contributed by atoms with Crippen molar-refractivity contribution in [3.8, 4) is 23.0 Å². The molecule has 4 rings (SSSR count). The minimum absolute atomic E-state index is 0.0974. The third kappa shape index (κ3) is 3.86. The molecule has 33 heavy (non-hydrogen) atoms. The highest BCUT2D eigenvalue weighted by Crippen LogP contribution is 2.56. The van der Waals surface area contributed by atoms with Gasteiger partial charge in [0.25, 0.3) is 0 Å². The summed E-state index contributed by atoms with van der Waals surface area (Å²) >= 11 is 0. The topological polar surface area (TPSA) is 63.2 Å². The van der Waals surface area contributed by atoms with Crippen molar-refractivity contribution in [2.45, 2.75) is 50.7 Å². The highest BCUT2D eigenvalue weighted by atomic mass is 16.5. The minimum Gasteiger partial charge on any atom is -0.493 e. The lowest BCUT2D eigenvalue weighted by molar-refractivity contribution is -0.138. The maximum atomic E-state index is 13.7. The third-order valence-corrected chi connectivity index (χ3v) is 6.95. The summed E-state index contributed by atoms with van der Waals surface area (Å²) in [6.07, 6.45) is 1.85. The molecule has 0 amide bonds. The normalized spacial score (nSPS) is 24.3. The molecule has 3 atom stereocenters. The second-order valence-electron chi connectivity index (χ2n) is 8.83. The Morgan fingerprint density at radius 2 is 1.39 bits per heavy atom. The number of benzene rings is 2. The van der Waals surface area contributed by atoms with Crippen LogP contribution in [0.3, 0.4) is 0 Å². The molecule has 2 aromatic carbocycles. The zero-order valence-corrected chi connectivity index (χ0v) is 20.2. The summed E-state index contributed by atoms with van der Waals surface area (Å²) in [5, 5.41) is 0. The number of ketones is 1. The van der Waals surface area contributed by atoms with E-state index in [0.717, 1.165) is 28.7 Å². The van der Waals surface area contributed by atoms with Crippen molar-refractivity contribution in [2.75, 3.05) is 28.4 Å². The maximum absolute atomic E-state index is 13.7. The molecule has 2 fully saturated rings. The van der Waals surface area contributed by atoms with E-state index < -0.39 is 5.60 Å². The first-order valence-corrected chi connectivity index (χ1v) is 11.2. The smallest absolute Gasteiger partial charge is 0.191 e. The number of ether oxygens (including phenoxy) is 5. The van der Waals surface area contributed by atoms with Crippen LogP contribution < -0.4 is 18.9 Å². The van der Waals surface area contributed by atoms with Gasteiger partial charge in [-0.15, -0.1) is 0 Å². The van der Waals surface area contributed by atoms with Crippen molar-refractivity contribution in [3.05, 3.63) is 58.7 Å². The molecule has 3 unspecified atom stereocenters. The number of Topliss-reactive ketones (excluding diaryl/α,β-unsaturated/α-hetero) is 1. The highest BCUT2D eigenvalue weighted by molar-refractivity contribution is 6.06. The molecular formula is C27H32O6. The molecule has 6 heteroatoms.